The first kappa shape index (κ1) is 14.8. The van der Waals surface area contributed by atoms with Crippen molar-refractivity contribution in [3.05, 3.63) is 58.0 Å². The number of hydrogen-bond acceptors (Lipinski definition) is 4. The Kier molecular flexibility index (Phi) is 3.52. The second-order valence-corrected chi connectivity index (χ2v) is 6.19. The summed E-state index contributed by atoms with van der Waals surface area (Å²) in [6.07, 6.45) is 2.52. The molecule has 3 heterocycles. The van der Waals surface area contributed by atoms with Gasteiger partial charge in [0.25, 0.3) is 11.5 Å². The smallest absolute Gasteiger partial charge is 0.263 e. The molecule has 0 spiro atoms. The highest BCUT2D eigenvalue weighted by Crippen LogP contribution is 2.37. The van der Waals surface area contributed by atoms with Gasteiger partial charge in [0.2, 0.25) is 6.79 Å². The quantitative estimate of drug-likeness (QED) is 0.843. The summed E-state index contributed by atoms with van der Waals surface area (Å²) in [5.41, 5.74) is 1.11. The van der Waals surface area contributed by atoms with Crippen LogP contribution in [0, 0.1) is 0 Å². The molecule has 124 valence electrons. The number of aryl methyl sites for hydroxylation is 1. The molecule has 2 aliphatic heterocycles. The van der Waals surface area contributed by atoms with E-state index in [1.807, 2.05) is 18.2 Å². The molecule has 6 heteroatoms. The third-order valence-electron chi connectivity index (χ3n) is 4.70. The molecule has 1 aromatic carbocycles. The van der Waals surface area contributed by atoms with Crippen molar-refractivity contribution in [1.82, 2.24) is 9.47 Å². The molecular weight excluding hydrogens is 308 g/mol. The number of likely N-dealkylation sites (tertiary alicyclic amines) is 1. The molecule has 0 radical (unpaired) electrons. The fraction of sp³-hybridized carbons (Fsp3) is 0.333. The molecule has 2 aromatic rings. The van der Waals surface area contributed by atoms with Crippen molar-refractivity contribution in [2.24, 2.45) is 7.05 Å². The van der Waals surface area contributed by atoms with Gasteiger partial charge in [0.1, 0.15) is 5.56 Å². The van der Waals surface area contributed by atoms with Crippen LogP contribution in [-0.4, -0.2) is 35.3 Å². The van der Waals surface area contributed by atoms with E-state index in [1.54, 1.807) is 30.3 Å². The van der Waals surface area contributed by atoms with E-state index in [0.717, 1.165) is 23.5 Å². The summed E-state index contributed by atoms with van der Waals surface area (Å²) in [6, 6.07) is 9.24. The number of ether oxygens (including phenoxy) is 2. The van der Waals surface area contributed by atoms with Crippen LogP contribution in [0.15, 0.2) is 41.3 Å². The summed E-state index contributed by atoms with van der Waals surface area (Å²) < 4.78 is 12.2. The van der Waals surface area contributed by atoms with Crippen LogP contribution in [0.25, 0.3) is 0 Å². The SMILES string of the molecule is Cn1cccc(C(=O)N2CC[C@H](c3ccc4c(c3)OCO4)C2)c1=O. The summed E-state index contributed by atoms with van der Waals surface area (Å²) in [5, 5.41) is 0. The molecule has 0 saturated carbocycles. The zero-order valence-electron chi connectivity index (χ0n) is 13.4. The number of pyridine rings is 1. The zero-order valence-corrected chi connectivity index (χ0v) is 13.4. The normalized spacial score (nSPS) is 18.9. The first-order valence-corrected chi connectivity index (χ1v) is 7.98. The third-order valence-corrected chi connectivity index (χ3v) is 4.70. The van der Waals surface area contributed by atoms with Crippen molar-refractivity contribution in [3.8, 4) is 11.5 Å². The van der Waals surface area contributed by atoms with Crippen molar-refractivity contribution < 1.29 is 14.3 Å². The summed E-state index contributed by atoms with van der Waals surface area (Å²) in [5.74, 6) is 1.57. The summed E-state index contributed by atoms with van der Waals surface area (Å²) in [7, 11) is 1.65. The van der Waals surface area contributed by atoms with Crippen molar-refractivity contribution in [2.75, 3.05) is 19.9 Å². The third kappa shape index (κ3) is 2.44. The van der Waals surface area contributed by atoms with Gasteiger partial charge in [-0.15, -0.1) is 0 Å². The summed E-state index contributed by atoms with van der Waals surface area (Å²) in [4.78, 5) is 26.5. The van der Waals surface area contributed by atoms with Gasteiger partial charge in [0, 0.05) is 32.3 Å². The van der Waals surface area contributed by atoms with Crippen LogP contribution in [0.4, 0.5) is 0 Å². The molecule has 6 nitrogen and oxygen atoms in total. The summed E-state index contributed by atoms with van der Waals surface area (Å²) >= 11 is 0. The Balaban J connectivity index is 1.53. The Morgan fingerprint density at radius 1 is 1.21 bits per heavy atom. The molecule has 0 N–H and O–H groups in total. The van der Waals surface area contributed by atoms with Crippen molar-refractivity contribution in [2.45, 2.75) is 12.3 Å². The van der Waals surface area contributed by atoms with E-state index >= 15 is 0 Å². The maximum atomic E-state index is 12.7. The zero-order chi connectivity index (χ0) is 16.7. The van der Waals surface area contributed by atoms with Gasteiger partial charge >= 0.3 is 0 Å². The van der Waals surface area contributed by atoms with Crippen LogP contribution in [0.5, 0.6) is 11.5 Å². The van der Waals surface area contributed by atoms with Crippen molar-refractivity contribution in [1.29, 1.82) is 0 Å². The lowest BCUT2D eigenvalue weighted by Crippen LogP contribution is -2.34. The number of nitrogens with zero attached hydrogens (tertiary/aromatic N) is 2. The first-order valence-electron chi connectivity index (χ1n) is 7.98. The molecule has 0 unspecified atom stereocenters. The standard InChI is InChI=1S/C18H18N2O4/c1-19-7-2-3-14(17(19)21)18(22)20-8-6-13(10-20)12-4-5-15-16(9-12)24-11-23-15/h2-5,7,9,13H,6,8,10-11H2,1H3/t13-/m0/s1. The fourth-order valence-corrected chi connectivity index (χ4v) is 3.31. The average molecular weight is 326 g/mol. The van der Waals surface area contributed by atoms with Gasteiger partial charge in [-0.2, -0.15) is 0 Å². The molecule has 1 atom stereocenters. The lowest BCUT2D eigenvalue weighted by atomic mass is 9.98. The van der Waals surface area contributed by atoms with E-state index in [4.69, 9.17) is 9.47 Å². The minimum atomic E-state index is -0.256. The maximum absolute atomic E-state index is 12.7. The Bertz CT molecular complexity index is 858. The van der Waals surface area contributed by atoms with Gasteiger partial charge in [-0.25, -0.2) is 0 Å². The van der Waals surface area contributed by atoms with Gasteiger partial charge in [-0.3, -0.25) is 9.59 Å². The van der Waals surface area contributed by atoms with Crippen molar-refractivity contribution >= 4 is 5.91 Å². The van der Waals surface area contributed by atoms with Gasteiger partial charge in [-0.05, 0) is 36.2 Å². The van der Waals surface area contributed by atoms with E-state index < -0.39 is 0 Å². The number of rotatable bonds is 2. The summed E-state index contributed by atoms with van der Waals surface area (Å²) in [6.45, 7) is 1.51. The average Bonchev–Trinajstić information content (AvgIpc) is 3.25. The Morgan fingerprint density at radius 2 is 2.04 bits per heavy atom. The van der Waals surface area contributed by atoms with Crippen LogP contribution in [-0.2, 0) is 7.05 Å². The minimum Gasteiger partial charge on any atom is -0.454 e. The highest BCUT2D eigenvalue weighted by atomic mass is 16.7. The van der Waals surface area contributed by atoms with E-state index in [1.165, 1.54) is 4.57 Å². The molecule has 1 aromatic heterocycles. The van der Waals surface area contributed by atoms with Gasteiger partial charge in [-0.1, -0.05) is 6.07 Å². The first-order chi connectivity index (χ1) is 11.6. The van der Waals surface area contributed by atoms with Crippen LogP contribution < -0.4 is 15.0 Å². The molecule has 24 heavy (non-hydrogen) atoms. The molecule has 2 aliphatic rings. The lowest BCUT2D eigenvalue weighted by Gasteiger charge is -2.17. The van der Waals surface area contributed by atoms with Crippen LogP contribution >= 0.6 is 0 Å². The molecule has 1 fully saturated rings. The topological polar surface area (TPSA) is 60.8 Å². The molecule has 0 aliphatic carbocycles. The number of benzene rings is 1. The molecular formula is C18H18N2O4. The van der Waals surface area contributed by atoms with E-state index in [0.29, 0.717) is 13.1 Å². The molecule has 4 rings (SSSR count). The Morgan fingerprint density at radius 3 is 2.92 bits per heavy atom. The molecule has 0 bridgehead atoms. The largest absolute Gasteiger partial charge is 0.454 e. The van der Waals surface area contributed by atoms with E-state index in [2.05, 4.69) is 0 Å². The Labute approximate surface area is 139 Å². The fourth-order valence-electron chi connectivity index (χ4n) is 3.31. The van der Waals surface area contributed by atoms with Gasteiger partial charge in [0.05, 0.1) is 0 Å². The number of carbonyl (C=O) groups excluding carboxylic acids is 1. The minimum absolute atomic E-state index is 0.195. The lowest BCUT2D eigenvalue weighted by molar-refractivity contribution is 0.0788. The number of fused-ring (bicyclic) bond motifs is 1. The highest BCUT2D eigenvalue weighted by Gasteiger charge is 2.30. The van der Waals surface area contributed by atoms with Gasteiger partial charge < -0.3 is 18.9 Å². The van der Waals surface area contributed by atoms with Crippen LogP contribution in [0.3, 0.4) is 0 Å². The molecule has 1 amide bonds. The van der Waals surface area contributed by atoms with Gasteiger partial charge in [0.15, 0.2) is 11.5 Å². The predicted octanol–water partition coefficient (Wildman–Crippen LogP) is 1.74. The second kappa shape index (κ2) is 5.70. The van der Waals surface area contributed by atoms with Crippen molar-refractivity contribution in [3.63, 3.8) is 0 Å². The van der Waals surface area contributed by atoms with Crippen LogP contribution in [0.2, 0.25) is 0 Å². The molecule has 1 saturated heterocycles. The highest BCUT2D eigenvalue weighted by molar-refractivity contribution is 5.94. The number of amides is 1. The van der Waals surface area contributed by atoms with E-state index in [-0.39, 0.29) is 29.7 Å². The maximum Gasteiger partial charge on any atom is 0.263 e. The number of aromatic nitrogens is 1. The monoisotopic (exact) mass is 326 g/mol. The van der Waals surface area contributed by atoms with Crippen LogP contribution in [0.1, 0.15) is 28.3 Å². The predicted molar refractivity (Wildman–Crippen MR) is 87.5 cm³/mol. The number of hydrogen-bond donors (Lipinski definition) is 0. The Hall–Kier alpha value is -2.76. The second-order valence-electron chi connectivity index (χ2n) is 6.19. The van der Waals surface area contributed by atoms with E-state index in [9.17, 15) is 9.59 Å². The number of carbonyl (C=O) groups is 1.